The van der Waals surface area contributed by atoms with Crippen LogP contribution < -0.4 is 0 Å². The number of ketones is 1. The molecule has 0 saturated carbocycles. The number of halogens is 3. The van der Waals surface area contributed by atoms with Crippen LogP contribution in [-0.2, 0) is 6.42 Å². The van der Waals surface area contributed by atoms with E-state index in [1.54, 1.807) is 24.3 Å². The number of carbonyl (C=O) groups is 1. The standard InChI is InChI=1S/C15H11Br2FO/c1-9-5-6-10(7-12(9)16)14(19)8-11-3-2-4-13(18)15(11)17/h2-7H,8H2,1H3. The number of hydrogen-bond donors (Lipinski definition) is 0. The molecule has 0 aliphatic rings. The lowest BCUT2D eigenvalue weighted by Gasteiger charge is -2.06. The Hall–Kier alpha value is -1.00. The Morgan fingerprint density at radius 2 is 1.95 bits per heavy atom. The van der Waals surface area contributed by atoms with Gasteiger partial charge in [-0.15, -0.1) is 0 Å². The lowest BCUT2D eigenvalue weighted by atomic mass is 10.0. The van der Waals surface area contributed by atoms with E-state index < -0.39 is 0 Å². The molecule has 2 aromatic rings. The first-order chi connectivity index (χ1) is 8.99. The van der Waals surface area contributed by atoms with E-state index in [2.05, 4.69) is 31.9 Å². The van der Waals surface area contributed by atoms with Crippen molar-refractivity contribution >= 4 is 37.6 Å². The van der Waals surface area contributed by atoms with Crippen LogP contribution in [0.5, 0.6) is 0 Å². The molecule has 0 bridgehead atoms. The van der Waals surface area contributed by atoms with Crippen LogP contribution in [0, 0.1) is 12.7 Å². The van der Waals surface area contributed by atoms with E-state index >= 15 is 0 Å². The molecule has 1 nitrogen and oxygen atoms in total. The van der Waals surface area contributed by atoms with Crippen molar-refractivity contribution in [1.29, 1.82) is 0 Å². The van der Waals surface area contributed by atoms with Crippen molar-refractivity contribution in [3.63, 3.8) is 0 Å². The van der Waals surface area contributed by atoms with Gasteiger partial charge in [-0.2, -0.15) is 0 Å². The molecular weight excluding hydrogens is 375 g/mol. The summed E-state index contributed by atoms with van der Waals surface area (Å²) in [5.74, 6) is -0.387. The highest BCUT2D eigenvalue weighted by Gasteiger charge is 2.12. The molecule has 4 heteroatoms. The summed E-state index contributed by atoms with van der Waals surface area (Å²) in [6.45, 7) is 1.96. The third kappa shape index (κ3) is 3.31. The molecule has 0 spiro atoms. The smallest absolute Gasteiger partial charge is 0.167 e. The molecule has 0 fully saturated rings. The van der Waals surface area contributed by atoms with Gasteiger partial charge < -0.3 is 0 Å². The third-order valence-electron chi connectivity index (χ3n) is 2.88. The Morgan fingerprint density at radius 3 is 2.63 bits per heavy atom. The van der Waals surface area contributed by atoms with E-state index in [0.29, 0.717) is 15.6 Å². The fourth-order valence-corrected chi connectivity index (χ4v) is 2.51. The third-order valence-corrected chi connectivity index (χ3v) is 4.62. The minimum atomic E-state index is -0.351. The Labute approximate surface area is 128 Å². The molecule has 0 atom stereocenters. The molecule has 98 valence electrons. The number of Topliss-reactive ketones (excluding diaryl/α,β-unsaturated/α-hetero) is 1. The lowest BCUT2D eigenvalue weighted by Crippen LogP contribution is -2.05. The maximum Gasteiger partial charge on any atom is 0.167 e. The molecule has 0 amide bonds. The number of aryl methyl sites for hydroxylation is 1. The molecular formula is C15H11Br2FO. The summed E-state index contributed by atoms with van der Waals surface area (Å²) in [5, 5.41) is 0. The van der Waals surface area contributed by atoms with Crippen molar-refractivity contribution in [1.82, 2.24) is 0 Å². The van der Waals surface area contributed by atoms with Gasteiger partial charge in [0.2, 0.25) is 0 Å². The first kappa shape index (κ1) is 14.4. The molecule has 0 N–H and O–H groups in total. The van der Waals surface area contributed by atoms with Crippen LogP contribution in [0.1, 0.15) is 21.5 Å². The molecule has 19 heavy (non-hydrogen) atoms. The highest BCUT2D eigenvalue weighted by molar-refractivity contribution is 9.10. The van der Waals surface area contributed by atoms with Crippen LogP contribution in [0.25, 0.3) is 0 Å². The summed E-state index contributed by atoms with van der Waals surface area (Å²) in [4.78, 5) is 12.2. The van der Waals surface area contributed by atoms with Crippen molar-refractivity contribution in [2.75, 3.05) is 0 Å². The minimum Gasteiger partial charge on any atom is -0.294 e. The van der Waals surface area contributed by atoms with Gasteiger partial charge in [0.25, 0.3) is 0 Å². The maximum absolute atomic E-state index is 13.4. The summed E-state index contributed by atoms with van der Waals surface area (Å²) < 4.78 is 14.6. The van der Waals surface area contributed by atoms with E-state index in [4.69, 9.17) is 0 Å². The number of benzene rings is 2. The second kappa shape index (κ2) is 5.97. The van der Waals surface area contributed by atoms with Crippen LogP contribution >= 0.6 is 31.9 Å². The zero-order valence-corrected chi connectivity index (χ0v) is 13.4. The average molecular weight is 386 g/mol. The summed E-state index contributed by atoms with van der Waals surface area (Å²) in [6, 6.07) is 10.2. The van der Waals surface area contributed by atoms with Gasteiger partial charge in [-0.05, 0) is 46.1 Å². The van der Waals surface area contributed by atoms with Crippen molar-refractivity contribution in [3.8, 4) is 0 Å². The largest absolute Gasteiger partial charge is 0.294 e. The van der Waals surface area contributed by atoms with Crippen molar-refractivity contribution in [2.45, 2.75) is 13.3 Å². The quantitative estimate of drug-likeness (QED) is 0.673. The molecule has 0 aliphatic carbocycles. The molecule has 2 aromatic carbocycles. The van der Waals surface area contributed by atoms with Crippen LogP contribution in [0.2, 0.25) is 0 Å². The first-order valence-corrected chi connectivity index (χ1v) is 7.30. The maximum atomic E-state index is 13.4. The SMILES string of the molecule is Cc1ccc(C(=O)Cc2cccc(F)c2Br)cc1Br. The van der Waals surface area contributed by atoms with Crippen molar-refractivity contribution < 1.29 is 9.18 Å². The molecule has 0 heterocycles. The molecule has 0 aromatic heterocycles. The van der Waals surface area contributed by atoms with Crippen molar-refractivity contribution in [3.05, 3.63) is 67.9 Å². The summed E-state index contributed by atoms with van der Waals surface area (Å²) in [6.07, 6.45) is 0.174. The highest BCUT2D eigenvalue weighted by Crippen LogP contribution is 2.23. The van der Waals surface area contributed by atoms with Gasteiger partial charge in [-0.3, -0.25) is 4.79 Å². The van der Waals surface area contributed by atoms with E-state index in [0.717, 1.165) is 10.0 Å². The Bertz CT molecular complexity index is 638. The zero-order valence-electron chi connectivity index (χ0n) is 10.2. The van der Waals surface area contributed by atoms with Gasteiger partial charge in [-0.25, -0.2) is 4.39 Å². The first-order valence-electron chi connectivity index (χ1n) is 5.71. The van der Waals surface area contributed by atoms with Gasteiger partial charge >= 0.3 is 0 Å². The minimum absolute atomic E-state index is 0.0352. The average Bonchev–Trinajstić information content (AvgIpc) is 2.38. The number of carbonyl (C=O) groups excluding carboxylic acids is 1. The van der Waals surface area contributed by atoms with Gasteiger partial charge in [0.1, 0.15) is 5.82 Å². The second-order valence-corrected chi connectivity index (χ2v) is 5.92. The normalized spacial score (nSPS) is 10.5. The number of rotatable bonds is 3. The fourth-order valence-electron chi connectivity index (χ4n) is 1.73. The summed E-state index contributed by atoms with van der Waals surface area (Å²) in [5.41, 5.74) is 2.35. The summed E-state index contributed by atoms with van der Waals surface area (Å²) in [7, 11) is 0. The van der Waals surface area contributed by atoms with Crippen LogP contribution in [0.4, 0.5) is 4.39 Å². The molecule has 2 rings (SSSR count). The molecule has 0 radical (unpaired) electrons. The monoisotopic (exact) mass is 384 g/mol. The zero-order chi connectivity index (χ0) is 14.0. The topological polar surface area (TPSA) is 17.1 Å². The predicted octanol–water partition coefficient (Wildman–Crippen LogP) is 5.08. The predicted molar refractivity (Wildman–Crippen MR) is 81.0 cm³/mol. The van der Waals surface area contributed by atoms with Gasteiger partial charge in [0.05, 0.1) is 4.47 Å². The summed E-state index contributed by atoms with van der Waals surface area (Å²) >= 11 is 6.58. The van der Waals surface area contributed by atoms with Crippen LogP contribution in [-0.4, -0.2) is 5.78 Å². The lowest BCUT2D eigenvalue weighted by molar-refractivity contribution is 0.0992. The van der Waals surface area contributed by atoms with Gasteiger partial charge in [-0.1, -0.05) is 40.2 Å². The number of hydrogen-bond acceptors (Lipinski definition) is 1. The van der Waals surface area contributed by atoms with Gasteiger partial charge in [0, 0.05) is 16.5 Å². The Kier molecular flexibility index (Phi) is 4.53. The van der Waals surface area contributed by atoms with Crippen LogP contribution in [0.3, 0.4) is 0 Å². The highest BCUT2D eigenvalue weighted by atomic mass is 79.9. The Balaban J connectivity index is 2.26. The molecule has 0 aliphatic heterocycles. The fraction of sp³-hybridized carbons (Fsp3) is 0.133. The Morgan fingerprint density at radius 1 is 1.21 bits per heavy atom. The van der Waals surface area contributed by atoms with E-state index in [1.165, 1.54) is 6.07 Å². The molecule has 0 saturated heterocycles. The molecule has 0 unspecified atom stereocenters. The van der Waals surface area contributed by atoms with Crippen LogP contribution in [0.15, 0.2) is 45.3 Å². The van der Waals surface area contributed by atoms with Gasteiger partial charge in [0.15, 0.2) is 5.78 Å². The second-order valence-electron chi connectivity index (χ2n) is 4.28. The van der Waals surface area contributed by atoms with Crippen molar-refractivity contribution in [2.24, 2.45) is 0 Å². The van der Waals surface area contributed by atoms with E-state index in [-0.39, 0.29) is 18.0 Å². The van der Waals surface area contributed by atoms with E-state index in [9.17, 15) is 9.18 Å². The van der Waals surface area contributed by atoms with E-state index in [1.807, 2.05) is 13.0 Å².